The average molecular weight is 465 g/mol. The van der Waals surface area contributed by atoms with E-state index in [1.807, 2.05) is 11.8 Å². The molecule has 1 amide bonds. The first-order valence-electron chi connectivity index (χ1n) is 12.5. The summed E-state index contributed by atoms with van der Waals surface area (Å²) >= 11 is 0. The lowest BCUT2D eigenvalue weighted by molar-refractivity contribution is -0.138. The summed E-state index contributed by atoms with van der Waals surface area (Å²) in [5, 5.41) is 0. The van der Waals surface area contributed by atoms with Gasteiger partial charge in [-0.2, -0.15) is 0 Å². The molecule has 0 radical (unpaired) electrons. The third kappa shape index (κ3) is 5.37. The first-order valence-corrected chi connectivity index (χ1v) is 12.5. The number of carbonyl (C=O) groups is 1. The number of carbonyl (C=O) groups excluding carboxylic acids is 1. The Morgan fingerprint density at radius 2 is 1.68 bits per heavy atom. The van der Waals surface area contributed by atoms with Crippen molar-refractivity contribution >= 4 is 11.6 Å². The predicted octanol–water partition coefficient (Wildman–Crippen LogP) is 2.45. The summed E-state index contributed by atoms with van der Waals surface area (Å²) < 4.78 is 11.5. The SMILES string of the molecule is C[C@@H](C(=O)N1CCOc2ccc(CN3CCN(c4ccccc4)CC3)cc2C1)N1CCOCC1. The molecule has 0 aromatic heterocycles. The maximum atomic E-state index is 13.3. The van der Waals surface area contributed by atoms with Gasteiger partial charge in [0.15, 0.2) is 0 Å². The van der Waals surface area contributed by atoms with Crippen LogP contribution < -0.4 is 9.64 Å². The number of piperazine rings is 1. The fraction of sp³-hybridized carbons (Fsp3) is 0.519. The summed E-state index contributed by atoms with van der Waals surface area (Å²) in [6.07, 6.45) is 0. The fourth-order valence-electron chi connectivity index (χ4n) is 5.18. The summed E-state index contributed by atoms with van der Waals surface area (Å²) in [6, 6.07) is 17.0. The van der Waals surface area contributed by atoms with Crippen LogP contribution >= 0.6 is 0 Å². The van der Waals surface area contributed by atoms with Crippen molar-refractivity contribution in [2.24, 2.45) is 0 Å². The standard InChI is InChI=1S/C27H36N4O3/c1-22(29-13-16-33-17-14-29)27(32)31-15-18-34-26-8-7-23(19-24(26)21-31)20-28-9-11-30(12-10-28)25-5-3-2-4-6-25/h2-8,19,22H,9-18,20-21H2,1H3/t22-/m0/s1. The number of morpholine rings is 1. The number of ether oxygens (including phenoxy) is 2. The minimum absolute atomic E-state index is 0.130. The molecule has 0 bridgehead atoms. The summed E-state index contributed by atoms with van der Waals surface area (Å²) in [6.45, 7) is 11.9. The average Bonchev–Trinajstić information content (AvgIpc) is 3.11. The summed E-state index contributed by atoms with van der Waals surface area (Å²) in [7, 11) is 0. The Labute approximate surface area is 202 Å². The van der Waals surface area contributed by atoms with Crippen LogP contribution in [0.1, 0.15) is 18.1 Å². The second-order valence-electron chi connectivity index (χ2n) is 9.47. The molecule has 182 valence electrons. The molecule has 2 aromatic rings. The topological polar surface area (TPSA) is 48.5 Å². The molecule has 0 unspecified atom stereocenters. The monoisotopic (exact) mass is 464 g/mol. The van der Waals surface area contributed by atoms with E-state index in [-0.39, 0.29) is 11.9 Å². The van der Waals surface area contributed by atoms with E-state index >= 15 is 0 Å². The van der Waals surface area contributed by atoms with Gasteiger partial charge in [-0.25, -0.2) is 0 Å². The number of rotatable bonds is 5. The van der Waals surface area contributed by atoms with E-state index in [1.165, 1.54) is 11.3 Å². The van der Waals surface area contributed by atoms with Gasteiger partial charge in [0.2, 0.25) is 5.91 Å². The largest absolute Gasteiger partial charge is 0.491 e. The van der Waals surface area contributed by atoms with Gasteiger partial charge in [-0.1, -0.05) is 24.3 Å². The third-order valence-electron chi connectivity index (χ3n) is 7.27. The summed E-state index contributed by atoms with van der Waals surface area (Å²) in [5.41, 5.74) is 3.70. The zero-order chi connectivity index (χ0) is 23.3. The van der Waals surface area contributed by atoms with Crippen LogP contribution in [0.15, 0.2) is 48.5 Å². The molecule has 2 aromatic carbocycles. The lowest BCUT2D eigenvalue weighted by atomic mass is 10.1. The molecule has 5 rings (SSSR count). The second kappa shape index (κ2) is 10.8. The van der Waals surface area contributed by atoms with Gasteiger partial charge in [0, 0.05) is 63.6 Å². The van der Waals surface area contributed by atoms with Gasteiger partial charge in [0.25, 0.3) is 0 Å². The van der Waals surface area contributed by atoms with Crippen molar-refractivity contribution in [2.45, 2.75) is 26.1 Å². The van der Waals surface area contributed by atoms with Crippen molar-refractivity contribution in [3.05, 3.63) is 59.7 Å². The number of amides is 1. The number of nitrogens with zero attached hydrogens (tertiary/aromatic N) is 4. The molecule has 0 aliphatic carbocycles. The van der Waals surface area contributed by atoms with E-state index in [2.05, 4.69) is 63.2 Å². The molecule has 3 aliphatic heterocycles. The molecule has 7 nitrogen and oxygen atoms in total. The lowest BCUT2D eigenvalue weighted by Gasteiger charge is -2.36. The smallest absolute Gasteiger partial charge is 0.240 e. The second-order valence-corrected chi connectivity index (χ2v) is 9.47. The van der Waals surface area contributed by atoms with E-state index in [1.54, 1.807) is 0 Å². The Balaban J connectivity index is 1.20. The first kappa shape index (κ1) is 23.1. The summed E-state index contributed by atoms with van der Waals surface area (Å²) in [4.78, 5) is 22.5. The Hall–Kier alpha value is -2.61. The Morgan fingerprint density at radius 3 is 2.44 bits per heavy atom. The zero-order valence-corrected chi connectivity index (χ0v) is 20.2. The van der Waals surface area contributed by atoms with Gasteiger partial charge in [-0.05, 0) is 36.8 Å². The van der Waals surface area contributed by atoms with E-state index in [0.29, 0.717) is 32.9 Å². The van der Waals surface area contributed by atoms with Crippen LogP contribution in [0.5, 0.6) is 5.75 Å². The summed E-state index contributed by atoms with van der Waals surface area (Å²) in [5.74, 6) is 1.09. The highest BCUT2D eigenvalue weighted by Gasteiger charge is 2.29. The van der Waals surface area contributed by atoms with E-state index in [9.17, 15) is 4.79 Å². The minimum Gasteiger partial charge on any atom is -0.491 e. The Kier molecular flexibility index (Phi) is 7.33. The molecule has 7 heteroatoms. The van der Waals surface area contributed by atoms with Gasteiger partial charge in [0.05, 0.1) is 25.8 Å². The highest BCUT2D eigenvalue weighted by atomic mass is 16.5. The maximum absolute atomic E-state index is 13.3. The molecule has 0 saturated carbocycles. The van der Waals surface area contributed by atoms with Crippen molar-refractivity contribution < 1.29 is 14.3 Å². The van der Waals surface area contributed by atoms with Crippen LogP contribution in [0.3, 0.4) is 0 Å². The van der Waals surface area contributed by atoms with Gasteiger partial charge in [-0.15, -0.1) is 0 Å². The fourth-order valence-corrected chi connectivity index (χ4v) is 5.18. The molecule has 0 spiro atoms. The lowest BCUT2D eigenvalue weighted by Crippen LogP contribution is -2.51. The van der Waals surface area contributed by atoms with Crippen molar-refractivity contribution in [1.29, 1.82) is 0 Å². The molecular weight excluding hydrogens is 428 g/mol. The molecule has 2 saturated heterocycles. The van der Waals surface area contributed by atoms with E-state index in [0.717, 1.165) is 57.1 Å². The number of para-hydroxylation sites is 1. The maximum Gasteiger partial charge on any atom is 0.240 e. The van der Waals surface area contributed by atoms with Gasteiger partial charge in [-0.3, -0.25) is 14.6 Å². The van der Waals surface area contributed by atoms with Gasteiger partial charge < -0.3 is 19.3 Å². The normalized spacial score (nSPS) is 20.9. The van der Waals surface area contributed by atoms with Crippen LogP contribution in [0.25, 0.3) is 0 Å². The van der Waals surface area contributed by atoms with Crippen molar-refractivity contribution in [3.63, 3.8) is 0 Å². The Bertz CT molecular complexity index is 956. The van der Waals surface area contributed by atoms with E-state index < -0.39 is 0 Å². The number of fused-ring (bicyclic) bond motifs is 1. The van der Waals surface area contributed by atoms with Crippen molar-refractivity contribution in [1.82, 2.24) is 14.7 Å². The van der Waals surface area contributed by atoms with Crippen LogP contribution in [0.4, 0.5) is 5.69 Å². The zero-order valence-electron chi connectivity index (χ0n) is 20.2. The molecule has 1 atom stereocenters. The van der Waals surface area contributed by atoms with Crippen molar-refractivity contribution in [3.8, 4) is 5.75 Å². The number of benzene rings is 2. The number of hydrogen-bond donors (Lipinski definition) is 0. The van der Waals surface area contributed by atoms with Crippen LogP contribution in [-0.4, -0.2) is 92.3 Å². The Morgan fingerprint density at radius 1 is 0.912 bits per heavy atom. The highest BCUT2D eigenvalue weighted by molar-refractivity contribution is 5.81. The van der Waals surface area contributed by atoms with Crippen LogP contribution in [0, 0.1) is 0 Å². The van der Waals surface area contributed by atoms with Crippen LogP contribution in [-0.2, 0) is 22.6 Å². The van der Waals surface area contributed by atoms with Crippen LogP contribution in [0.2, 0.25) is 0 Å². The van der Waals surface area contributed by atoms with E-state index in [4.69, 9.17) is 9.47 Å². The minimum atomic E-state index is -0.130. The van der Waals surface area contributed by atoms with Gasteiger partial charge >= 0.3 is 0 Å². The molecule has 0 N–H and O–H groups in total. The van der Waals surface area contributed by atoms with Gasteiger partial charge in [0.1, 0.15) is 12.4 Å². The third-order valence-corrected chi connectivity index (χ3v) is 7.27. The molecular formula is C27H36N4O3. The molecule has 34 heavy (non-hydrogen) atoms. The first-order chi connectivity index (χ1) is 16.7. The highest BCUT2D eigenvalue weighted by Crippen LogP contribution is 2.26. The number of anilines is 1. The molecule has 2 fully saturated rings. The molecule has 3 heterocycles. The van der Waals surface area contributed by atoms with Crippen molar-refractivity contribution in [2.75, 3.05) is 70.5 Å². The predicted molar refractivity (Wildman–Crippen MR) is 133 cm³/mol. The quantitative estimate of drug-likeness (QED) is 0.678. The number of hydrogen-bond acceptors (Lipinski definition) is 6. The molecule has 3 aliphatic rings.